The summed E-state index contributed by atoms with van der Waals surface area (Å²) in [5.74, 6) is -0.0716. The Bertz CT molecular complexity index is 1650. The van der Waals surface area contributed by atoms with Gasteiger partial charge in [0, 0.05) is 71.4 Å². The zero-order valence-corrected chi connectivity index (χ0v) is 20.0. The lowest BCUT2D eigenvalue weighted by Gasteiger charge is -2.13. The number of aromatic nitrogens is 6. The molecule has 0 aliphatic carbocycles. The Morgan fingerprint density at radius 2 is 1.69 bits per heavy atom. The van der Waals surface area contributed by atoms with Gasteiger partial charge in [0.15, 0.2) is 16.5 Å². The first-order chi connectivity index (χ1) is 16.8. The van der Waals surface area contributed by atoms with Gasteiger partial charge in [-0.25, -0.2) is 4.39 Å². The van der Waals surface area contributed by atoms with Crippen LogP contribution in [0.2, 0.25) is 0 Å². The third-order valence-electron chi connectivity index (χ3n) is 5.50. The first kappa shape index (κ1) is 22.5. The predicted octanol–water partition coefficient (Wildman–Crippen LogP) is 4.04. The summed E-state index contributed by atoms with van der Waals surface area (Å²) in [7, 11) is 5.22. The molecule has 4 heterocycles. The predicted molar refractivity (Wildman–Crippen MR) is 132 cm³/mol. The molecule has 2 N–H and O–H groups in total. The van der Waals surface area contributed by atoms with Crippen molar-refractivity contribution in [2.24, 2.45) is 14.1 Å². The van der Waals surface area contributed by atoms with Crippen LogP contribution in [0.1, 0.15) is 0 Å². The molecule has 0 bridgehead atoms. The minimum atomic E-state index is -0.720. The lowest BCUT2D eigenvalue weighted by atomic mass is 10.1. The molecule has 0 aliphatic heterocycles. The molecule has 0 unspecified atom stereocenters. The molecule has 11 heteroatoms. The van der Waals surface area contributed by atoms with Gasteiger partial charge in [0.1, 0.15) is 5.75 Å². The van der Waals surface area contributed by atoms with Crippen LogP contribution < -0.4 is 10.2 Å². The SMILES string of the molecule is COc1c(-c2cnn(C)c2)cnc2ccc(SC(=N)n3cc(-c4cnn(C)c4)cc(F)c3=N)cc12. The summed E-state index contributed by atoms with van der Waals surface area (Å²) in [5.41, 5.74) is 3.25. The zero-order valence-electron chi connectivity index (χ0n) is 19.2. The van der Waals surface area contributed by atoms with E-state index in [-0.39, 0.29) is 5.17 Å². The number of aryl methyl sites for hydroxylation is 2. The molecule has 0 saturated heterocycles. The fraction of sp³-hybridized carbons (Fsp3) is 0.125. The number of thioether (sulfide) groups is 1. The Kier molecular flexibility index (Phi) is 5.69. The number of hydrogen-bond acceptors (Lipinski definition) is 7. The standard InChI is InChI=1S/C24H21FN8OS/c1-31-11-15(8-29-31)14-6-20(25)23(26)33(13-14)24(27)35-17-4-5-21-18(7-17)22(34-3)19(10-28-21)16-9-30-32(2)12-16/h4-13,26-27H,1-3H3. The van der Waals surface area contributed by atoms with E-state index < -0.39 is 11.3 Å². The summed E-state index contributed by atoms with van der Waals surface area (Å²) >= 11 is 1.11. The van der Waals surface area contributed by atoms with Crippen LogP contribution in [0, 0.1) is 16.6 Å². The highest BCUT2D eigenvalue weighted by atomic mass is 32.2. The Labute approximate surface area is 203 Å². The Hall–Kier alpha value is -4.25. The maximum Gasteiger partial charge on any atom is 0.171 e. The van der Waals surface area contributed by atoms with Gasteiger partial charge < -0.3 is 4.74 Å². The normalized spacial score (nSPS) is 11.2. The molecular weight excluding hydrogens is 467 g/mol. The molecule has 0 spiro atoms. The van der Waals surface area contributed by atoms with Crippen molar-refractivity contribution in [1.82, 2.24) is 29.1 Å². The number of halogens is 1. The van der Waals surface area contributed by atoms with E-state index in [9.17, 15) is 4.39 Å². The van der Waals surface area contributed by atoms with E-state index in [1.54, 1.807) is 54.5 Å². The summed E-state index contributed by atoms with van der Waals surface area (Å²) < 4.78 is 24.8. The second-order valence-corrected chi connectivity index (χ2v) is 8.95. The van der Waals surface area contributed by atoms with Gasteiger partial charge in [-0.1, -0.05) is 11.8 Å². The van der Waals surface area contributed by atoms with Gasteiger partial charge in [-0.05, 0) is 24.3 Å². The molecule has 0 fully saturated rings. The second-order valence-electron chi connectivity index (χ2n) is 7.89. The molecule has 0 atom stereocenters. The monoisotopic (exact) mass is 488 g/mol. The van der Waals surface area contributed by atoms with Crippen LogP contribution in [-0.2, 0) is 14.1 Å². The minimum absolute atomic E-state index is 0.0191. The maximum atomic E-state index is 14.6. The Morgan fingerprint density at radius 1 is 0.971 bits per heavy atom. The highest BCUT2D eigenvalue weighted by molar-refractivity contribution is 8.13. The molecule has 5 aromatic rings. The molecular formula is C24H21FN8OS. The summed E-state index contributed by atoms with van der Waals surface area (Å²) in [6.07, 6.45) is 10.3. The number of pyridine rings is 2. The number of nitrogens with one attached hydrogen (secondary N) is 2. The van der Waals surface area contributed by atoms with Crippen molar-refractivity contribution in [3.05, 3.63) is 72.8 Å². The zero-order chi connectivity index (χ0) is 24.7. The average Bonchev–Trinajstić information content (AvgIpc) is 3.48. The van der Waals surface area contributed by atoms with Gasteiger partial charge in [0.25, 0.3) is 0 Å². The fourth-order valence-corrected chi connectivity index (χ4v) is 4.59. The third-order valence-corrected chi connectivity index (χ3v) is 6.38. The van der Waals surface area contributed by atoms with Crippen molar-refractivity contribution in [3.8, 4) is 28.0 Å². The van der Waals surface area contributed by atoms with Gasteiger partial charge in [-0.15, -0.1) is 0 Å². The molecule has 0 amide bonds. The van der Waals surface area contributed by atoms with Crippen LogP contribution in [0.4, 0.5) is 4.39 Å². The Morgan fingerprint density at radius 3 is 2.34 bits per heavy atom. The van der Waals surface area contributed by atoms with Crippen molar-refractivity contribution in [2.75, 3.05) is 7.11 Å². The molecule has 5 rings (SSSR count). The van der Waals surface area contributed by atoms with Gasteiger partial charge >= 0.3 is 0 Å². The Balaban J connectivity index is 1.53. The molecule has 176 valence electrons. The average molecular weight is 489 g/mol. The van der Waals surface area contributed by atoms with E-state index in [4.69, 9.17) is 15.6 Å². The fourth-order valence-electron chi connectivity index (χ4n) is 3.81. The van der Waals surface area contributed by atoms with Gasteiger partial charge in [0.2, 0.25) is 0 Å². The lowest BCUT2D eigenvalue weighted by molar-refractivity contribution is 0.421. The third kappa shape index (κ3) is 4.21. The summed E-state index contributed by atoms with van der Waals surface area (Å²) in [4.78, 5) is 5.28. The number of ether oxygens (including phenoxy) is 1. The van der Waals surface area contributed by atoms with Crippen LogP contribution in [0.25, 0.3) is 33.2 Å². The molecule has 0 aliphatic rings. The maximum absolute atomic E-state index is 14.6. The smallest absolute Gasteiger partial charge is 0.171 e. The van der Waals surface area contributed by atoms with Crippen molar-refractivity contribution in [2.45, 2.75) is 4.90 Å². The molecule has 35 heavy (non-hydrogen) atoms. The molecule has 0 saturated carbocycles. The van der Waals surface area contributed by atoms with Crippen molar-refractivity contribution in [1.29, 1.82) is 10.8 Å². The number of nitrogens with zero attached hydrogens (tertiary/aromatic N) is 6. The van der Waals surface area contributed by atoms with E-state index in [0.717, 1.165) is 38.7 Å². The summed E-state index contributed by atoms with van der Waals surface area (Å²) in [5, 5.41) is 25.9. The first-order valence-electron chi connectivity index (χ1n) is 10.5. The van der Waals surface area contributed by atoms with Gasteiger partial charge in [-0.3, -0.25) is 29.7 Å². The van der Waals surface area contributed by atoms with Crippen LogP contribution in [-0.4, -0.2) is 41.4 Å². The lowest BCUT2D eigenvalue weighted by Crippen LogP contribution is -2.27. The number of rotatable bonds is 4. The van der Waals surface area contributed by atoms with E-state index in [0.29, 0.717) is 16.9 Å². The highest BCUT2D eigenvalue weighted by Crippen LogP contribution is 2.37. The quantitative estimate of drug-likeness (QED) is 0.225. The number of fused-ring (bicyclic) bond motifs is 1. The van der Waals surface area contributed by atoms with Crippen LogP contribution in [0.5, 0.6) is 5.75 Å². The molecule has 9 nitrogen and oxygen atoms in total. The minimum Gasteiger partial charge on any atom is -0.495 e. The summed E-state index contributed by atoms with van der Waals surface area (Å²) in [6, 6.07) is 6.84. The highest BCUT2D eigenvalue weighted by Gasteiger charge is 2.16. The van der Waals surface area contributed by atoms with E-state index in [2.05, 4.69) is 15.2 Å². The van der Waals surface area contributed by atoms with Crippen LogP contribution in [0.3, 0.4) is 0 Å². The van der Waals surface area contributed by atoms with Crippen LogP contribution in [0.15, 0.2) is 66.3 Å². The molecule has 4 aromatic heterocycles. The second kappa shape index (κ2) is 8.84. The number of benzene rings is 1. The van der Waals surface area contributed by atoms with Gasteiger partial charge in [-0.2, -0.15) is 10.2 Å². The van der Waals surface area contributed by atoms with Gasteiger partial charge in [0.05, 0.1) is 25.0 Å². The first-order valence-corrected chi connectivity index (χ1v) is 11.3. The number of methoxy groups -OCH3 is 1. The van der Waals surface area contributed by atoms with Crippen molar-refractivity contribution < 1.29 is 9.13 Å². The molecule has 0 radical (unpaired) electrons. The van der Waals surface area contributed by atoms with E-state index in [1.165, 1.54) is 10.6 Å². The van der Waals surface area contributed by atoms with Crippen LogP contribution >= 0.6 is 11.8 Å². The topological polar surface area (TPSA) is 110 Å². The number of hydrogen-bond donors (Lipinski definition) is 2. The van der Waals surface area contributed by atoms with E-state index >= 15 is 0 Å². The molecule has 1 aromatic carbocycles. The summed E-state index contributed by atoms with van der Waals surface area (Å²) in [6.45, 7) is 0. The van der Waals surface area contributed by atoms with Crippen molar-refractivity contribution in [3.63, 3.8) is 0 Å². The van der Waals surface area contributed by atoms with E-state index in [1.807, 2.05) is 31.4 Å². The van der Waals surface area contributed by atoms with Crippen molar-refractivity contribution >= 4 is 27.8 Å². The largest absolute Gasteiger partial charge is 0.495 e.